The van der Waals surface area contributed by atoms with Crippen molar-refractivity contribution in [2.45, 2.75) is 31.8 Å². The van der Waals surface area contributed by atoms with Crippen molar-refractivity contribution in [2.24, 2.45) is 5.41 Å². The number of cyclic esters (lactones) is 1. The maximum Gasteiger partial charge on any atom is 0.315 e. The highest BCUT2D eigenvalue weighted by Gasteiger charge is 2.47. The lowest BCUT2D eigenvalue weighted by atomic mass is 9.71. The second kappa shape index (κ2) is 3.14. The van der Waals surface area contributed by atoms with Crippen LogP contribution in [0.25, 0.3) is 0 Å². The van der Waals surface area contributed by atoms with Gasteiger partial charge in [-0.15, -0.1) is 0 Å². The molecule has 0 aromatic carbocycles. The molecule has 2 aliphatic rings. The van der Waals surface area contributed by atoms with Gasteiger partial charge in [-0.05, 0) is 25.7 Å². The fourth-order valence-electron chi connectivity index (χ4n) is 2.19. The van der Waals surface area contributed by atoms with E-state index in [-0.39, 0.29) is 5.97 Å². The molecule has 1 spiro atoms. The summed E-state index contributed by atoms with van der Waals surface area (Å²) < 4.78 is 5.01. The van der Waals surface area contributed by atoms with Gasteiger partial charge in [0.15, 0.2) is 0 Å². The third-order valence-electron chi connectivity index (χ3n) is 3.05. The molecule has 1 aliphatic heterocycles. The summed E-state index contributed by atoms with van der Waals surface area (Å²) in [5, 5.41) is 9.77. The fraction of sp³-hybridized carbons (Fsp3) is 0.700. The number of rotatable bonds is 0. The number of allylic oxidation sites excluding steroid dienone is 1. The van der Waals surface area contributed by atoms with Gasteiger partial charge in [0.25, 0.3) is 0 Å². The summed E-state index contributed by atoms with van der Waals surface area (Å²) in [6.07, 6.45) is 6.23. The first-order valence-corrected chi connectivity index (χ1v) is 4.78. The molecule has 3 nitrogen and oxygen atoms in total. The van der Waals surface area contributed by atoms with Crippen LogP contribution in [0, 0.1) is 5.41 Å². The van der Waals surface area contributed by atoms with E-state index in [4.69, 9.17) is 4.74 Å². The summed E-state index contributed by atoms with van der Waals surface area (Å²) >= 11 is 0. The standard InChI is InChI=1S/C10H14O3/c11-8-4-1-2-5-10(8)6-3-7-13-9(10)12/h1,4,8,11H,2-3,5-7H2/t8-,10+/m0/s1. The lowest BCUT2D eigenvalue weighted by Crippen LogP contribution is -2.46. The molecule has 3 heteroatoms. The molecule has 1 fully saturated rings. The molecule has 0 bridgehead atoms. The molecular weight excluding hydrogens is 168 g/mol. The van der Waals surface area contributed by atoms with Crippen LogP contribution in [-0.2, 0) is 9.53 Å². The molecule has 2 atom stereocenters. The molecule has 0 amide bonds. The quantitative estimate of drug-likeness (QED) is 0.449. The zero-order valence-electron chi connectivity index (χ0n) is 7.53. The molecule has 0 radical (unpaired) electrons. The van der Waals surface area contributed by atoms with E-state index < -0.39 is 11.5 Å². The Labute approximate surface area is 77.4 Å². The van der Waals surface area contributed by atoms with Gasteiger partial charge in [0.2, 0.25) is 0 Å². The highest BCUT2D eigenvalue weighted by molar-refractivity contribution is 5.78. The maximum atomic E-state index is 11.6. The normalized spacial score (nSPS) is 39.2. The summed E-state index contributed by atoms with van der Waals surface area (Å²) in [5.41, 5.74) is -0.618. The minimum absolute atomic E-state index is 0.212. The second-order valence-electron chi connectivity index (χ2n) is 3.81. The van der Waals surface area contributed by atoms with E-state index in [1.54, 1.807) is 6.08 Å². The third-order valence-corrected chi connectivity index (χ3v) is 3.05. The number of aliphatic hydroxyl groups excluding tert-OH is 1. The van der Waals surface area contributed by atoms with Crippen molar-refractivity contribution in [1.29, 1.82) is 0 Å². The Morgan fingerprint density at radius 3 is 3.08 bits per heavy atom. The third kappa shape index (κ3) is 1.27. The monoisotopic (exact) mass is 182 g/mol. The van der Waals surface area contributed by atoms with E-state index in [0.29, 0.717) is 6.61 Å². The molecule has 2 rings (SSSR count). The van der Waals surface area contributed by atoms with Crippen molar-refractivity contribution in [3.63, 3.8) is 0 Å². The number of carbonyl (C=O) groups is 1. The van der Waals surface area contributed by atoms with Gasteiger partial charge in [-0.2, -0.15) is 0 Å². The number of hydrogen-bond donors (Lipinski definition) is 1. The Balaban J connectivity index is 2.25. The minimum atomic E-state index is -0.644. The second-order valence-corrected chi connectivity index (χ2v) is 3.81. The summed E-state index contributed by atoms with van der Waals surface area (Å²) in [4.78, 5) is 11.6. The summed E-state index contributed by atoms with van der Waals surface area (Å²) in [6.45, 7) is 0.511. The Kier molecular flexibility index (Phi) is 2.12. The van der Waals surface area contributed by atoms with Crippen LogP contribution in [0.4, 0.5) is 0 Å². The Hall–Kier alpha value is -0.830. The predicted octanol–water partition coefficient (Wildman–Crippen LogP) is 1.02. The Bertz CT molecular complexity index is 247. The largest absolute Gasteiger partial charge is 0.465 e. The van der Waals surface area contributed by atoms with Crippen molar-refractivity contribution in [2.75, 3.05) is 6.61 Å². The van der Waals surface area contributed by atoms with E-state index in [9.17, 15) is 9.90 Å². The first kappa shape index (κ1) is 8.75. The van der Waals surface area contributed by atoms with Crippen LogP contribution >= 0.6 is 0 Å². The van der Waals surface area contributed by atoms with Gasteiger partial charge in [-0.3, -0.25) is 4.79 Å². The average molecular weight is 182 g/mol. The first-order valence-electron chi connectivity index (χ1n) is 4.78. The molecule has 0 aromatic heterocycles. The van der Waals surface area contributed by atoms with Gasteiger partial charge in [0.1, 0.15) is 0 Å². The fourth-order valence-corrected chi connectivity index (χ4v) is 2.19. The van der Waals surface area contributed by atoms with Crippen LogP contribution < -0.4 is 0 Å². The molecule has 0 aromatic rings. The highest BCUT2D eigenvalue weighted by atomic mass is 16.5. The molecule has 13 heavy (non-hydrogen) atoms. The Morgan fingerprint density at radius 1 is 1.54 bits per heavy atom. The first-order chi connectivity index (χ1) is 6.26. The minimum Gasteiger partial charge on any atom is -0.465 e. The molecule has 1 heterocycles. The molecule has 0 saturated carbocycles. The van der Waals surface area contributed by atoms with Gasteiger partial charge in [-0.25, -0.2) is 0 Å². The smallest absolute Gasteiger partial charge is 0.315 e. The zero-order valence-corrected chi connectivity index (χ0v) is 7.53. The molecule has 1 saturated heterocycles. The van der Waals surface area contributed by atoms with E-state index in [0.717, 1.165) is 25.7 Å². The van der Waals surface area contributed by atoms with Crippen LogP contribution in [0.2, 0.25) is 0 Å². The zero-order chi connectivity index (χ0) is 9.31. The van der Waals surface area contributed by atoms with E-state index in [2.05, 4.69) is 0 Å². The number of carbonyl (C=O) groups excluding carboxylic acids is 1. The molecule has 0 unspecified atom stereocenters. The van der Waals surface area contributed by atoms with Gasteiger partial charge >= 0.3 is 5.97 Å². The van der Waals surface area contributed by atoms with Crippen LogP contribution in [0.5, 0.6) is 0 Å². The van der Waals surface area contributed by atoms with Crippen LogP contribution in [0.15, 0.2) is 12.2 Å². The predicted molar refractivity (Wildman–Crippen MR) is 47.0 cm³/mol. The summed E-state index contributed by atoms with van der Waals surface area (Å²) in [5.74, 6) is -0.212. The van der Waals surface area contributed by atoms with Crippen molar-refractivity contribution >= 4 is 5.97 Å². The van der Waals surface area contributed by atoms with Gasteiger partial charge in [-0.1, -0.05) is 12.2 Å². The van der Waals surface area contributed by atoms with Crippen LogP contribution in [-0.4, -0.2) is 23.8 Å². The summed E-state index contributed by atoms with van der Waals surface area (Å²) in [7, 11) is 0. The van der Waals surface area contributed by atoms with E-state index in [1.165, 1.54) is 0 Å². The van der Waals surface area contributed by atoms with Gasteiger partial charge < -0.3 is 9.84 Å². The maximum absolute atomic E-state index is 11.6. The molecule has 1 N–H and O–H groups in total. The lowest BCUT2D eigenvalue weighted by Gasteiger charge is -2.39. The topological polar surface area (TPSA) is 46.5 Å². The molecular formula is C10H14O3. The van der Waals surface area contributed by atoms with E-state index in [1.807, 2.05) is 6.08 Å². The molecule has 72 valence electrons. The van der Waals surface area contributed by atoms with Crippen molar-refractivity contribution < 1.29 is 14.6 Å². The molecule has 1 aliphatic carbocycles. The lowest BCUT2D eigenvalue weighted by molar-refractivity contribution is -0.170. The SMILES string of the molecule is O=C1OCCC[C@@]12CCC=C[C@@H]2O. The number of hydrogen-bond acceptors (Lipinski definition) is 3. The van der Waals surface area contributed by atoms with Crippen molar-refractivity contribution in [3.05, 3.63) is 12.2 Å². The van der Waals surface area contributed by atoms with Crippen molar-refractivity contribution in [3.8, 4) is 0 Å². The average Bonchev–Trinajstić information content (AvgIpc) is 2.15. The van der Waals surface area contributed by atoms with Gasteiger partial charge in [0, 0.05) is 0 Å². The number of ether oxygens (including phenoxy) is 1. The highest BCUT2D eigenvalue weighted by Crippen LogP contribution is 2.40. The number of aliphatic hydroxyl groups is 1. The summed E-state index contributed by atoms with van der Waals surface area (Å²) in [6, 6.07) is 0. The van der Waals surface area contributed by atoms with E-state index >= 15 is 0 Å². The number of esters is 1. The van der Waals surface area contributed by atoms with Gasteiger partial charge in [0.05, 0.1) is 18.1 Å². The van der Waals surface area contributed by atoms with Crippen LogP contribution in [0.1, 0.15) is 25.7 Å². The Morgan fingerprint density at radius 2 is 2.38 bits per heavy atom. The van der Waals surface area contributed by atoms with Crippen molar-refractivity contribution in [1.82, 2.24) is 0 Å². The van der Waals surface area contributed by atoms with Crippen LogP contribution in [0.3, 0.4) is 0 Å².